The molecule has 10 aromatic rings. The highest BCUT2D eigenvalue weighted by atomic mass is 79.9. The largest absolute Gasteiger partial charge is 0.466 e. The third-order valence-electron chi connectivity index (χ3n) is 18.0. The molecule has 10 rings (SSSR count). The summed E-state index contributed by atoms with van der Waals surface area (Å²) in [5, 5.41) is 28.6. The van der Waals surface area contributed by atoms with Gasteiger partial charge in [0.1, 0.15) is 34.9 Å². The third-order valence-corrected chi connectivity index (χ3v) is 19.6. The van der Waals surface area contributed by atoms with E-state index >= 15 is 0 Å². The normalized spacial score (nSPS) is 11.7. The van der Waals surface area contributed by atoms with Gasteiger partial charge in [0.05, 0.1) is 69.3 Å². The second kappa shape index (κ2) is 53.6. The molecule has 0 saturated heterocycles. The van der Waals surface area contributed by atoms with Gasteiger partial charge in [-0.3, -0.25) is 19.2 Å². The summed E-state index contributed by atoms with van der Waals surface area (Å²) in [4.78, 5) is 128. The van der Waals surface area contributed by atoms with Gasteiger partial charge in [0.15, 0.2) is 0 Å². The minimum Gasteiger partial charge on any atom is -0.466 e. The fourth-order valence-corrected chi connectivity index (χ4v) is 12.6. The number of halogens is 3. The lowest BCUT2D eigenvalue weighted by Crippen LogP contribution is -2.34. The van der Waals surface area contributed by atoms with Crippen LogP contribution in [0.1, 0.15) is 191 Å². The van der Waals surface area contributed by atoms with Crippen molar-refractivity contribution in [1.82, 2.24) is 74.3 Å². The molecule has 5 aromatic heterocycles. The summed E-state index contributed by atoms with van der Waals surface area (Å²) in [5.41, 5.74) is 5.89. The Morgan fingerprint density at radius 2 is 0.557 bits per heavy atom. The van der Waals surface area contributed by atoms with Crippen LogP contribution in [0, 0.1) is 13.8 Å². The lowest BCUT2D eigenvalue weighted by molar-refractivity contribution is -0.144. The number of Topliss-reactive ketones (excluding diaryl/α,β-unsaturated/α-hetero) is 1. The van der Waals surface area contributed by atoms with E-state index in [2.05, 4.69) is 137 Å². The number of ether oxygens (including phenoxy) is 3. The molecule has 122 heavy (non-hydrogen) atoms. The first-order valence-electron chi connectivity index (χ1n) is 40.4. The van der Waals surface area contributed by atoms with Crippen LogP contribution in [0.2, 0.25) is 0 Å². The van der Waals surface area contributed by atoms with E-state index in [0.717, 1.165) is 72.0 Å². The summed E-state index contributed by atoms with van der Waals surface area (Å²) in [6, 6.07) is 34.7. The van der Waals surface area contributed by atoms with Crippen LogP contribution >= 0.6 is 47.8 Å². The van der Waals surface area contributed by atoms with Crippen molar-refractivity contribution in [3.8, 4) is 0 Å². The number of nitrogens with one attached hydrogen (secondary N) is 10. The van der Waals surface area contributed by atoms with Crippen LogP contribution in [0.4, 0.5) is 52.4 Å². The van der Waals surface area contributed by atoms with Gasteiger partial charge < -0.3 is 90.2 Å². The van der Waals surface area contributed by atoms with Gasteiger partial charge in [-0.25, -0.2) is 48.9 Å². The lowest BCUT2D eigenvalue weighted by Gasteiger charge is -2.18. The Morgan fingerprint density at radius 1 is 0.328 bits per heavy atom. The number of anilines is 5. The van der Waals surface area contributed by atoms with Crippen LogP contribution in [-0.4, -0.2) is 121 Å². The molecule has 654 valence electrons. The van der Waals surface area contributed by atoms with Gasteiger partial charge in [-0.2, -0.15) is 0 Å². The number of carbonyl (C=O) groups is 9. The Kier molecular flexibility index (Phi) is 43.4. The topological polar surface area (TPSA) is 391 Å². The van der Waals surface area contributed by atoms with Gasteiger partial charge in [-0.1, -0.05) is 111 Å². The maximum absolute atomic E-state index is 12.3. The molecule has 0 radical (unpaired) electrons. The molecule has 0 aliphatic carbocycles. The molecule has 0 spiro atoms. The van der Waals surface area contributed by atoms with E-state index in [1.54, 1.807) is 89.4 Å². The van der Waals surface area contributed by atoms with Crippen molar-refractivity contribution in [1.29, 1.82) is 0 Å². The molecule has 0 bridgehead atoms. The molecule has 0 fully saturated rings. The maximum atomic E-state index is 12.3. The minimum absolute atomic E-state index is 0.132. The zero-order chi connectivity index (χ0) is 88.9. The maximum Gasteiger partial charge on any atom is 0.319 e. The molecule has 5 aromatic carbocycles. The Labute approximate surface area is 737 Å². The van der Waals surface area contributed by atoms with Crippen LogP contribution in [0.3, 0.4) is 0 Å². The van der Waals surface area contributed by atoms with Crippen molar-refractivity contribution < 1.29 is 57.4 Å². The van der Waals surface area contributed by atoms with Crippen LogP contribution in [0.5, 0.6) is 0 Å². The monoisotopic (exact) mass is 1870 g/mol. The van der Waals surface area contributed by atoms with Gasteiger partial charge in [-0.15, -0.1) is 0 Å². The number of imidazole rings is 5. The van der Waals surface area contributed by atoms with Crippen LogP contribution in [-0.2, 0) is 66.1 Å². The summed E-state index contributed by atoms with van der Waals surface area (Å²) in [5.74, 6) is 3.12. The first kappa shape index (κ1) is 98.8. The number of aromatic nitrogens is 10. The fourth-order valence-electron chi connectivity index (χ4n) is 11.8. The van der Waals surface area contributed by atoms with E-state index in [-0.39, 0.29) is 103 Å². The first-order chi connectivity index (χ1) is 58.6. The number of nitrogens with zero attached hydrogens (tertiary/aromatic N) is 10. The predicted molar refractivity (Wildman–Crippen MR) is 482 cm³/mol. The number of benzene rings is 5. The van der Waals surface area contributed by atoms with Gasteiger partial charge >= 0.3 is 48.1 Å². The van der Waals surface area contributed by atoms with Gasteiger partial charge in [0.25, 0.3) is 0 Å². The zero-order valence-electron chi connectivity index (χ0n) is 71.0. The average Bonchev–Trinajstić information content (AvgIpc) is 1.71. The summed E-state index contributed by atoms with van der Waals surface area (Å²) in [7, 11) is 0. The molecule has 5 unspecified atom stereocenters. The van der Waals surface area contributed by atoms with Crippen molar-refractivity contribution in [2.45, 2.75) is 197 Å². The van der Waals surface area contributed by atoms with E-state index in [0.29, 0.717) is 94.7 Å². The number of carbonyl (C=O) groups excluding carboxylic acids is 9. The highest BCUT2D eigenvalue weighted by molar-refractivity contribution is 9.11. The van der Waals surface area contributed by atoms with E-state index < -0.39 is 0 Å². The number of rotatable bonds is 35. The SMILES string of the molecule is CCC(NC(=O)Nc1ccc(C)cc1)c1nccn1CCC(C)=O.CCCn1ccnc1C(C)NC(=O)Nc1ccc(Br)cc1.CCOC(=O)CCn1ccnc1C(C)NC(=O)Nc1ccc(Br)cc1.CCOC(=O)CCn1ccnc1C(CC)NC(=O)Nc1ccc(Br)cc1.CCOC(=O)CCn1ccnc1C(CC)NC(=O)Nc1ccc(C)cc1. The molecule has 0 aliphatic rings. The molecule has 5 atom stereocenters. The van der Waals surface area contributed by atoms with E-state index in [9.17, 15) is 43.2 Å². The summed E-state index contributed by atoms with van der Waals surface area (Å²) in [6.07, 6.45) is 21.9. The summed E-state index contributed by atoms with van der Waals surface area (Å²) in [6.45, 7) is 26.6. The Morgan fingerprint density at radius 3 is 0.803 bits per heavy atom. The molecule has 5 heterocycles. The fraction of sp³-hybridized carbons (Fsp3) is 0.379. The Balaban J connectivity index is 0.000000236. The van der Waals surface area contributed by atoms with E-state index in [1.807, 2.05) is 188 Å². The highest BCUT2D eigenvalue weighted by Gasteiger charge is 2.24. The Hall–Kier alpha value is -12.0. The third kappa shape index (κ3) is 35.8. The number of esters is 3. The zero-order valence-corrected chi connectivity index (χ0v) is 75.8. The van der Waals surface area contributed by atoms with Crippen molar-refractivity contribution in [2.24, 2.45) is 0 Å². The number of amides is 10. The molecule has 10 amide bonds. The van der Waals surface area contributed by atoms with Crippen molar-refractivity contribution >= 4 is 130 Å². The molecule has 0 saturated carbocycles. The number of hydrogen-bond acceptors (Lipinski definition) is 17. The molecule has 32 nitrogen and oxygen atoms in total. The lowest BCUT2D eigenvalue weighted by atomic mass is 10.2. The average molecular weight is 1870 g/mol. The van der Waals surface area contributed by atoms with Crippen LogP contribution < -0.4 is 53.2 Å². The van der Waals surface area contributed by atoms with Crippen molar-refractivity contribution in [2.75, 3.05) is 46.4 Å². The van der Waals surface area contributed by atoms with Gasteiger partial charge in [0.2, 0.25) is 0 Å². The minimum atomic E-state index is -0.324. The number of urea groups is 5. The molecule has 35 heteroatoms. The molecular weight excluding hydrogens is 1760 g/mol. The predicted octanol–water partition coefficient (Wildman–Crippen LogP) is 18.2. The van der Waals surface area contributed by atoms with E-state index in [4.69, 9.17) is 14.2 Å². The molecule has 0 aliphatic heterocycles. The van der Waals surface area contributed by atoms with Crippen molar-refractivity contribution in [3.63, 3.8) is 0 Å². The second-order valence-corrected chi connectivity index (χ2v) is 30.3. The summed E-state index contributed by atoms with van der Waals surface area (Å²) >= 11 is 10.1. The van der Waals surface area contributed by atoms with Crippen molar-refractivity contribution in [3.05, 3.63) is 237 Å². The quantitative estimate of drug-likeness (QED) is 0.0130. The number of ketones is 1. The number of hydrogen-bond donors (Lipinski definition) is 10. The first-order valence-corrected chi connectivity index (χ1v) is 42.8. The molecule has 10 N–H and O–H groups in total. The Bertz CT molecular complexity index is 4740. The smallest absolute Gasteiger partial charge is 0.319 e. The standard InChI is InChI=1S/C19H26N4O3.C18H23BrN4O3.C18H24N4O2.C17H21BrN4O3.C15H19BrN4O/c1-4-16(22-19(25)21-15-8-6-14(3)7-9-15)18-20-11-13-23(18)12-10-17(24)26-5-2;1-3-15(22-18(25)21-14-7-5-13(19)6-8-14)17-20-10-12-23(17)11-9-16(24)26-4-2;1-4-16(17-19-10-12-22(17)11-9-14(3)23)21-18(24)20-15-7-5-13(2)6-8-15;1-3-25-15(23)8-10-22-11-9-19-16(22)12(2)20-17(24)21-14-6-4-13(18)5-7-14;1-3-9-20-10-8-17-14(20)11(2)18-15(21)19-13-6-4-12(16)5-7-13/h6-9,11,13,16H,4-5,10,12H2,1-3H3,(H2,21,22,25);5-8,10,12,15H,3-4,9,11H2,1-2H3,(H2,21,22,25);5-8,10,12,16H,4,9,11H2,1-3H3,(H2,20,21,24);4-7,9,11-12H,3,8,10H2,1-2H3,(H2,20,21,24);4-8,10-11H,3,9H2,1-2H3,(H2,18,19,21). The highest BCUT2D eigenvalue weighted by Crippen LogP contribution is 2.24. The summed E-state index contributed by atoms with van der Waals surface area (Å²) < 4.78 is 27.2. The second-order valence-electron chi connectivity index (χ2n) is 27.6. The molecular formula is C87H113Br3N20O12. The van der Waals surface area contributed by atoms with Crippen LogP contribution in [0.15, 0.2) is 197 Å². The van der Waals surface area contributed by atoms with Crippen LogP contribution in [0.25, 0.3) is 0 Å². The van der Waals surface area contributed by atoms with Gasteiger partial charge in [-0.05, 0) is 178 Å². The van der Waals surface area contributed by atoms with E-state index in [1.165, 1.54) is 0 Å². The van der Waals surface area contributed by atoms with Gasteiger partial charge in [0, 0.05) is 143 Å². The number of aryl methyl sites for hydroxylation is 7.